The summed E-state index contributed by atoms with van der Waals surface area (Å²) in [6, 6.07) is 11.2. The maximum absolute atomic E-state index is 14.1. The number of nitrogens with one attached hydrogen (secondary N) is 1. The number of rotatable bonds is 4. The average molecular weight is 416 g/mol. The number of piperidine rings is 1. The van der Waals surface area contributed by atoms with Crippen LogP contribution in [0.1, 0.15) is 12.0 Å². The Hall–Kier alpha value is -3.52. The van der Waals surface area contributed by atoms with E-state index in [-0.39, 0.29) is 11.6 Å². The van der Waals surface area contributed by atoms with Gasteiger partial charge in [-0.2, -0.15) is 0 Å². The van der Waals surface area contributed by atoms with Gasteiger partial charge in [0.2, 0.25) is 0 Å². The minimum atomic E-state index is -0.347. The standard InChI is InChI=1S/C23H21FN6O/c24-19-2-1-3-20(31)18(19)12-30-15-8-16(30)11-29(10-15)21-5-4-14(9-26-21)22-17-6-7-25-23(17)28-13-27-22/h1-7,9,13,15-16,31H,8,10-12H2,(H,25,27,28). The largest absolute Gasteiger partial charge is 0.508 e. The Balaban J connectivity index is 1.18. The second kappa shape index (κ2) is 7.02. The number of phenols is 1. The van der Waals surface area contributed by atoms with E-state index in [0.717, 1.165) is 47.6 Å². The third-order valence-corrected chi connectivity index (χ3v) is 6.48. The number of hydrogen-bond donors (Lipinski definition) is 2. The van der Waals surface area contributed by atoms with E-state index in [0.29, 0.717) is 24.2 Å². The number of anilines is 1. The van der Waals surface area contributed by atoms with Crippen molar-refractivity contribution in [1.29, 1.82) is 0 Å². The van der Waals surface area contributed by atoms with E-state index in [4.69, 9.17) is 4.98 Å². The van der Waals surface area contributed by atoms with E-state index in [9.17, 15) is 9.50 Å². The van der Waals surface area contributed by atoms with E-state index in [2.05, 4.69) is 24.8 Å². The summed E-state index contributed by atoms with van der Waals surface area (Å²) >= 11 is 0. The van der Waals surface area contributed by atoms with Crippen molar-refractivity contribution in [1.82, 2.24) is 24.8 Å². The minimum Gasteiger partial charge on any atom is -0.508 e. The number of halogens is 1. The van der Waals surface area contributed by atoms with E-state index in [1.807, 2.05) is 30.6 Å². The number of aromatic nitrogens is 4. The third kappa shape index (κ3) is 3.02. The van der Waals surface area contributed by atoms with Gasteiger partial charge in [-0.15, -0.1) is 0 Å². The molecule has 3 fully saturated rings. The van der Waals surface area contributed by atoms with Gasteiger partial charge in [0.1, 0.15) is 29.4 Å². The molecule has 0 radical (unpaired) electrons. The molecule has 0 aliphatic carbocycles. The van der Waals surface area contributed by atoms with Crippen LogP contribution in [-0.2, 0) is 6.54 Å². The summed E-state index contributed by atoms with van der Waals surface area (Å²) in [5.74, 6) is 0.617. The van der Waals surface area contributed by atoms with E-state index in [1.54, 1.807) is 12.4 Å². The van der Waals surface area contributed by atoms with Crippen molar-refractivity contribution in [2.75, 3.05) is 18.0 Å². The zero-order valence-electron chi connectivity index (χ0n) is 16.7. The Morgan fingerprint density at radius 3 is 2.71 bits per heavy atom. The van der Waals surface area contributed by atoms with Crippen molar-refractivity contribution in [3.05, 3.63) is 66.5 Å². The summed E-state index contributed by atoms with van der Waals surface area (Å²) in [5, 5.41) is 11.0. The lowest BCUT2D eigenvalue weighted by atomic mass is 9.86. The molecule has 3 aromatic heterocycles. The maximum atomic E-state index is 14.1. The van der Waals surface area contributed by atoms with Crippen LogP contribution in [0.5, 0.6) is 5.75 Å². The second-order valence-electron chi connectivity index (χ2n) is 8.23. The van der Waals surface area contributed by atoms with Crippen molar-refractivity contribution in [3.63, 3.8) is 0 Å². The number of H-pyrrole nitrogens is 1. The molecule has 0 amide bonds. The van der Waals surface area contributed by atoms with E-state index >= 15 is 0 Å². The molecule has 31 heavy (non-hydrogen) atoms. The molecule has 3 aliphatic rings. The SMILES string of the molecule is Oc1cccc(F)c1CN1C2CC1CN(c1ccc(-c3ncnc4[nH]ccc34)cn1)C2. The molecule has 1 aromatic carbocycles. The third-order valence-electron chi connectivity index (χ3n) is 6.48. The first kappa shape index (κ1) is 18.3. The van der Waals surface area contributed by atoms with Crippen LogP contribution in [0.4, 0.5) is 10.2 Å². The van der Waals surface area contributed by atoms with Crippen LogP contribution in [0.15, 0.2) is 55.1 Å². The van der Waals surface area contributed by atoms with Gasteiger partial charge in [-0.3, -0.25) is 4.90 Å². The molecule has 2 N–H and O–H groups in total. The highest BCUT2D eigenvalue weighted by Gasteiger charge is 2.45. The fraction of sp³-hybridized carbons (Fsp3) is 0.261. The van der Waals surface area contributed by atoms with Gasteiger partial charge < -0.3 is 15.0 Å². The Labute approximate surface area is 178 Å². The molecule has 4 aromatic rings. The van der Waals surface area contributed by atoms with Crippen molar-refractivity contribution < 1.29 is 9.50 Å². The fourth-order valence-electron chi connectivity index (χ4n) is 4.83. The molecule has 3 aliphatic heterocycles. The number of phenolic OH excluding ortho intramolecular Hbond substituents is 1. The van der Waals surface area contributed by atoms with Gasteiger partial charge in [0.25, 0.3) is 0 Å². The van der Waals surface area contributed by atoms with Crippen LogP contribution in [0.3, 0.4) is 0 Å². The molecule has 6 heterocycles. The number of aromatic hydroxyl groups is 1. The average Bonchev–Trinajstić information content (AvgIpc) is 3.28. The van der Waals surface area contributed by atoms with Gasteiger partial charge in [-0.1, -0.05) is 6.07 Å². The highest BCUT2D eigenvalue weighted by atomic mass is 19.1. The van der Waals surface area contributed by atoms with Crippen LogP contribution in [0.25, 0.3) is 22.3 Å². The van der Waals surface area contributed by atoms with Gasteiger partial charge >= 0.3 is 0 Å². The molecule has 0 spiro atoms. The number of benzene rings is 1. The molecule has 7 rings (SSSR count). The zero-order valence-corrected chi connectivity index (χ0v) is 16.7. The van der Waals surface area contributed by atoms with Gasteiger partial charge in [-0.05, 0) is 36.8 Å². The Morgan fingerprint density at radius 2 is 1.94 bits per heavy atom. The summed E-state index contributed by atoms with van der Waals surface area (Å²) in [7, 11) is 0. The zero-order chi connectivity index (χ0) is 20.9. The summed E-state index contributed by atoms with van der Waals surface area (Å²) < 4.78 is 14.1. The highest BCUT2D eigenvalue weighted by molar-refractivity contribution is 5.90. The number of pyridine rings is 1. The quantitative estimate of drug-likeness (QED) is 0.531. The van der Waals surface area contributed by atoms with Crippen molar-refractivity contribution in [3.8, 4) is 17.0 Å². The first-order chi connectivity index (χ1) is 15.2. The number of fused-ring (bicyclic) bond motifs is 3. The van der Waals surface area contributed by atoms with E-state index < -0.39 is 0 Å². The number of nitrogens with zero attached hydrogens (tertiary/aromatic N) is 5. The Bertz CT molecular complexity index is 1220. The van der Waals surface area contributed by atoms with Crippen LogP contribution >= 0.6 is 0 Å². The van der Waals surface area contributed by atoms with Crippen molar-refractivity contribution in [2.24, 2.45) is 0 Å². The first-order valence-electron chi connectivity index (χ1n) is 10.4. The summed E-state index contributed by atoms with van der Waals surface area (Å²) in [4.78, 5) is 21.0. The van der Waals surface area contributed by atoms with Crippen LogP contribution in [-0.4, -0.2) is 55.1 Å². The smallest absolute Gasteiger partial charge is 0.141 e. The van der Waals surface area contributed by atoms with Crippen LogP contribution in [0, 0.1) is 5.82 Å². The normalized spacial score (nSPS) is 20.7. The first-order valence-corrected chi connectivity index (χ1v) is 10.4. The predicted octanol–water partition coefficient (Wildman–Crippen LogP) is 3.33. The van der Waals surface area contributed by atoms with Crippen molar-refractivity contribution in [2.45, 2.75) is 25.0 Å². The Morgan fingerprint density at radius 1 is 1.06 bits per heavy atom. The molecule has 0 saturated carbocycles. The molecule has 2 atom stereocenters. The maximum Gasteiger partial charge on any atom is 0.141 e. The molecule has 3 saturated heterocycles. The second-order valence-corrected chi connectivity index (χ2v) is 8.23. The topological polar surface area (TPSA) is 81.2 Å². The predicted molar refractivity (Wildman–Crippen MR) is 115 cm³/mol. The summed E-state index contributed by atoms with van der Waals surface area (Å²) in [6.07, 6.45) is 6.37. The fourth-order valence-corrected chi connectivity index (χ4v) is 4.83. The van der Waals surface area contributed by atoms with Crippen molar-refractivity contribution >= 4 is 16.9 Å². The number of hydrogen-bond acceptors (Lipinski definition) is 6. The van der Waals surface area contributed by atoms with Gasteiger partial charge in [0.15, 0.2) is 0 Å². The number of aromatic amines is 1. The van der Waals surface area contributed by atoms with Gasteiger partial charge in [-0.25, -0.2) is 19.3 Å². The number of piperazine rings is 1. The molecule has 2 unspecified atom stereocenters. The molecule has 8 heteroatoms. The molecular formula is C23H21FN6O. The molecule has 156 valence electrons. The molecule has 2 bridgehead atoms. The lowest BCUT2D eigenvalue weighted by molar-refractivity contribution is -0.00996. The lowest BCUT2D eigenvalue weighted by Gasteiger charge is -2.56. The van der Waals surface area contributed by atoms with Crippen LogP contribution < -0.4 is 4.90 Å². The van der Waals surface area contributed by atoms with E-state index in [1.165, 1.54) is 12.1 Å². The molecular weight excluding hydrogens is 395 g/mol. The van der Waals surface area contributed by atoms with Gasteiger partial charge in [0.05, 0.1) is 5.69 Å². The van der Waals surface area contributed by atoms with Gasteiger partial charge in [0, 0.05) is 60.6 Å². The lowest BCUT2D eigenvalue weighted by Crippen LogP contribution is -2.68. The highest BCUT2D eigenvalue weighted by Crippen LogP contribution is 2.37. The monoisotopic (exact) mass is 416 g/mol. The Kier molecular flexibility index (Phi) is 4.14. The summed E-state index contributed by atoms with van der Waals surface area (Å²) in [5.41, 5.74) is 3.01. The minimum absolute atomic E-state index is 0.0281. The summed E-state index contributed by atoms with van der Waals surface area (Å²) in [6.45, 7) is 2.12. The van der Waals surface area contributed by atoms with Crippen LogP contribution in [0.2, 0.25) is 0 Å². The molecule has 7 nitrogen and oxygen atoms in total.